The van der Waals surface area contributed by atoms with E-state index in [-0.39, 0.29) is 35.2 Å². The Labute approximate surface area is 157 Å². The fraction of sp³-hybridized carbons (Fsp3) is 0.167. The molecule has 0 bridgehead atoms. The van der Waals surface area contributed by atoms with Crippen molar-refractivity contribution in [2.75, 3.05) is 0 Å². The number of nitro groups is 1. The van der Waals surface area contributed by atoms with E-state index in [9.17, 15) is 29.6 Å². The summed E-state index contributed by atoms with van der Waals surface area (Å²) in [6, 6.07) is 10.4. The molecule has 1 aromatic heterocycles. The Morgan fingerprint density at radius 2 is 1.82 bits per heavy atom. The lowest BCUT2D eigenvalue weighted by Gasteiger charge is -2.15. The highest BCUT2D eigenvalue weighted by molar-refractivity contribution is 5.80. The predicted molar refractivity (Wildman–Crippen MR) is 100 cm³/mol. The summed E-state index contributed by atoms with van der Waals surface area (Å²) in [5, 5.41) is 23.5. The average Bonchev–Trinajstić information content (AvgIpc) is 2.66. The maximum absolute atomic E-state index is 11.6. The minimum absolute atomic E-state index is 0.0655. The number of nitrogens with one attached hydrogen (secondary N) is 3. The maximum atomic E-state index is 11.6. The van der Waals surface area contributed by atoms with E-state index in [1.807, 2.05) is 6.07 Å². The largest absolute Gasteiger partial charge is 0.480 e. The van der Waals surface area contributed by atoms with Gasteiger partial charge in [-0.15, -0.1) is 0 Å². The van der Waals surface area contributed by atoms with E-state index in [0.717, 1.165) is 11.6 Å². The Balaban J connectivity index is 1.94. The quantitative estimate of drug-likeness (QED) is 0.268. The van der Waals surface area contributed by atoms with Crippen molar-refractivity contribution in [3.05, 3.63) is 84.4 Å². The highest BCUT2D eigenvalue weighted by Gasteiger charge is 2.19. The van der Waals surface area contributed by atoms with Crippen molar-refractivity contribution in [3.8, 4) is 0 Å². The number of aliphatic carboxylic acids is 1. The molecule has 1 atom stereocenters. The lowest BCUT2D eigenvalue weighted by Crippen LogP contribution is -2.38. The van der Waals surface area contributed by atoms with Crippen molar-refractivity contribution < 1.29 is 14.8 Å². The van der Waals surface area contributed by atoms with Gasteiger partial charge in [-0.05, 0) is 17.5 Å². The van der Waals surface area contributed by atoms with Crippen LogP contribution in [0.5, 0.6) is 0 Å². The second-order valence-electron chi connectivity index (χ2n) is 6.15. The molecule has 0 saturated carbocycles. The zero-order chi connectivity index (χ0) is 20.3. The van der Waals surface area contributed by atoms with Gasteiger partial charge in [-0.25, -0.2) is 0 Å². The summed E-state index contributed by atoms with van der Waals surface area (Å²) in [6.45, 7) is -0.0655. The fourth-order valence-corrected chi connectivity index (χ4v) is 2.86. The highest BCUT2D eigenvalue weighted by Crippen LogP contribution is 2.21. The van der Waals surface area contributed by atoms with Gasteiger partial charge in [0, 0.05) is 18.7 Å². The van der Waals surface area contributed by atoms with Gasteiger partial charge in [-0.2, -0.15) is 0 Å². The number of aromatic nitrogens is 2. The fourth-order valence-electron chi connectivity index (χ4n) is 2.86. The minimum atomic E-state index is -1.08. The molecule has 0 aliphatic rings. The Bertz CT molecular complexity index is 1150. The molecule has 0 amide bonds. The molecule has 10 nitrogen and oxygen atoms in total. The van der Waals surface area contributed by atoms with E-state index in [2.05, 4.69) is 15.3 Å². The number of carbonyl (C=O) groups is 1. The van der Waals surface area contributed by atoms with Crippen molar-refractivity contribution in [2.45, 2.75) is 19.0 Å². The van der Waals surface area contributed by atoms with Gasteiger partial charge in [0.15, 0.2) is 0 Å². The molecule has 28 heavy (non-hydrogen) atoms. The molecule has 4 N–H and O–H groups in total. The molecular formula is C18H16N4O6. The average molecular weight is 384 g/mol. The van der Waals surface area contributed by atoms with Gasteiger partial charge in [0.05, 0.1) is 16.0 Å². The van der Waals surface area contributed by atoms with Gasteiger partial charge in [0.25, 0.3) is 5.69 Å². The number of carboxylic acids is 1. The standard InChI is InChI=1S/C18H16N4O6/c23-16-17(24)21-15-11(7-12(22(27)28)8-13(15)20-16)9-19-14(18(25)26)6-10-4-2-1-3-5-10/h1-5,7-8,14,19H,6,9H2,(H,20,23)(H,21,24)(H,25,26)/t14-/m0/s1. The van der Waals surface area contributed by atoms with Crippen LogP contribution in [0.15, 0.2) is 52.1 Å². The molecule has 0 spiro atoms. The van der Waals surface area contributed by atoms with Gasteiger partial charge >= 0.3 is 17.1 Å². The normalized spacial score (nSPS) is 12.0. The topological polar surface area (TPSA) is 158 Å². The number of carboxylic acid groups (broad SMARTS) is 1. The third-order valence-corrected chi connectivity index (χ3v) is 4.23. The summed E-state index contributed by atoms with van der Waals surface area (Å²) < 4.78 is 0. The number of rotatable bonds is 7. The number of nitrogens with zero attached hydrogens (tertiary/aromatic N) is 1. The van der Waals surface area contributed by atoms with Crippen LogP contribution in [0, 0.1) is 10.1 Å². The molecule has 1 heterocycles. The lowest BCUT2D eigenvalue weighted by atomic mass is 10.1. The van der Waals surface area contributed by atoms with Crippen molar-refractivity contribution in [3.63, 3.8) is 0 Å². The predicted octanol–water partition coefficient (Wildman–Crippen LogP) is 0.910. The molecule has 0 saturated heterocycles. The van der Waals surface area contributed by atoms with Gasteiger partial charge in [0.2, 0.25) is 0 Å². The number of fused-ring (bicyclic) bond motifs is 1. The number of non-ortho nitro benzene ring substituents is 1. The first-order valence-corrected chi connectivity index (χ1v) is 8.29. The van der Waals surface area contributed by atoms with Crippen LogP contribution in [-0.2, 0) is 17.8 Å². The molecule has 3 rings (SSSR count). The Hall–Kier alpha value is -3.79. The summed E-state index contributed by atoms with van der Waals surface area (Å²) in [5.74, 6) is -1.08. The van der Waals surface area contributed by atoms with E-state index in [0.29, 0.717) is 0 Å². The summed E-state index contributed by atoms with van der Waals surface area (Å²) in [7, 11) is 0. The molecule has 0 aliphatic carbocycles. The SMILES string of the molecule is O=C(O)[C@H](Cc1ccccc1)NCc1cc([N+](=O)[O-])cc2[nH]c(=O)c(=O)[nH]c12. The third-order valence-electron chi connectivity index (χ3n) is 4.23. The summed E-state index contributed by atoms with van der Waals surface area (Å²) in [5.41, 5.74) is -0.735. The first kappa shape index (κ1) is 19.0. The number of H-pyrrole nitrogens is 2. The molecule has 2 aromatic carbocycles. The molecule has 0 fully saturated rings. The van der Waals surface area contributed by atoms with Crippen LogP contribution in [0.4, 0.5) is 5.69 Å². The van der Waals surface area contributed by atoms with Crippen LogP contribution < -0.4 is 16.4 Å². The Kier molecular flexibility index (Phi) is 5.32. The molecule has 10 heteroatoms. The molecule has 0 radical (unpaired) electrons. The Morgan fingerprint density at radius 3 is 2.46 bits per heavy atom. The number of benzene rings is 2. The minimum Gasteiger partial charge on any atom is -0.480 e. The van der Waals surface area contributed by atoms with Crippen LogP contribution in [0.3, 0.4) is 0 Å². The van der Waals surface area contributed by atoms with Gasteiger partial charge in [-0.3, -0.25) is 29.8 Å². The lowest BCUT2D eigenvalue weighted by molar-refractivity contribution is -0.384. The van der Waals surface area contributed by atoms with Gasteiger partial charge < -0.3 is 15.1 Å². The zero-order valence-corrected chi connectivity index (χ0v) is 14.5. The smallest absolute Gasteiger partial charge is 0.321 e. The summed E-state index contributed by atoms with van der Waals surface area (Å²) in [4.78, 5) is 50.0. The van der Waals surface area contributed by atoms with E-state index < -0.39 is 28.1 Å². The number of nitro benzene ring substituents is 1. The summed E-state index contributed by atoms with van der Waals surface area (Å²) in [6.07, 6.45) is 0.205. The highest BCUT2D eigenvalue weighted by atomic mass is 16.6. The van der Waals surface area contributed by atoms with Gasteiger partial charge in [0.1, 0.15) is 6.04 Å². The molecular weight excluding hydrogens is 368 g/mol. The molecule has 0 unspecified atom stereocenters. The van der Waals surface area contributed by atoms with Crippen LogP contribution >= 0.6 is 0 Å². The molecule has 3 aromatic rings. The Morgan fingerprint density at radius 1 is 1.14 bits per heavy atom. The van der Waals surface area contributed by atoms with Gasteiger partial charge in [-0.1, -0.05) is 30.3 Å². The number of hydrogen-bond donors (Lipinski definition) is 4. The van der Waals surface area contributed by atoms with Crippen molar-refractivity contribution in [2.24, 2.45) is 0 Å². The third kappa shape index (κ3) is 4.13. The van der Waals surface area contributed by atoms with Crippen LogP contribution in [0.25, 0.3) is 11.0 Å². The van der Waals surface area contributed by atoms with E-state index in [1.54, 1.807) is 24.3 Å². The van der Waals surface area contributed by atoms with Crippen molar-refractivity contribution >= 4 is 22.7 Å². The van der Waals surface area contributed by atoms with E-state index in [1.165, 1.54) is 6.07 Å². The molecule has 0 aliphatic heterocycles. The van der Waals surface area contributed by atoms with E-state index in [4.69, 9.17) is 0 Å². The van der Waals surface area contributed by atoms with Crippen LogP contribution in [-0.4, -0.2) is 32.0 Å². The first-order valence-electron chi connectivity index (χ1n) is 8.29. The van der Waals surface area contributed by atoms with Crippen LogP contribution in [0.1, 0.15) is 11.1 Å². The first-order chi connectivity index (χ1) is 13.3. The second-order valence-corrected chi connectivity index (χ2v) is 6.15. The van der Waals surface area contributed by atoms with Crippen molar-refractivity contribution in [1.29, 1.82) is 0 Å². The van der Waals surface area contributed by atoms with E-state index >= 15 is 0 Å². The number of hydrogen-bond acceptors (Lipinski definition) is 6. The maximum Gasteiger partial charge on any atom is 0.321 e. The van der Waals surface area contributed by atoms with Crippen LogP contribution in [0.2, 0.25) is 0 Å². The second kappa shape index (κ2) is 7.84. The molecule has 144 valence electrons. The zero-order valence-electron chi connectivity index (χ0n) is 14.5. The summed E-state index contributed by atoms with van der Waals surface area (Å²) >= 11 is 0. The number of aromatic amines is 2. The monoisotopic (exact) mass is 384 g/mol. The van der Waals surface area contributed by atoms with Crippen molar-refractivity contribution in [1.82, 2.24) is 15.3 Å².